The maximum atomic E-state index is 12.2. The molecule has 1 aromatic carbocycles. The number of hydrogen-bond donors (Lipinski definition) is 1. The number of likely N-dealkylation sites (tertiary alicyclic amines) is 1. The van der Waals surface area contributed by atoms with Gasteiger partial charge in [-0.2, -0.15) is 0 Å². The van der Waals surface area contributed by atoms with Gasteiger partial charge < -0.3 is 15.4 Å². The van der Waals surface area contributed by atoms with Crippen LogP contribution in [0.3, 0.4) is 0 Å². The number of benzene rings is 1. The summed E-state index contributed by atoms with van der Waals surface area (Å²) in [6, 6.07) is 7.96. The van der Waals surface area contributed by atoms with Crippen molar-refractivity contribution in [2.45, 2.75) is 25.0 Å². The lowest BCUT2D eigenvalue weighted by atomic mass is 10.1. The van der Waals surface area contributed by atoms with E-state index in [1.165, 1.54) is 0 Å². The second-order valence-corrected chi connectivity index (χ2v) is 4.75. The van der Waals surface area contributed by atoms with E-state index >= 15 is 0 Å². The molecule has 1 saturated heterocycles. The Kier molecular flexibility index (Phi) is 2.52. The molecule has 0 radical (unpaired) electrons. The van der Waals surface area contributed by atoms with Crippen LogP contribution in [0.25, 0.3) is 0 Å². The molecular formula is C13H16N2O2. The van der Waals surface area contributed by atoms with Gasteiger partial charge in [0.15, 0.2) is 6.10 Å². The average molecular weight is 232 g/mol. The molecule has 0 aromatic heterocycles. The molecule has 4 heteroatoms. The fourth-order valence-electron chi connectivity index (χ4n) is 2.51. The molecule has 3 rings (SSSR count). The predicted octanol–water partition coefficient (Wildman–Crippen LogP) is 0.550. The van der Waals surface area contributed by atoms with E-state index in [0.29, 0.717) is 13.0 Å². The Labute approximate surface area is 100 Å². The molecule has 0 spiro atoms. The van der Waals surface area contributed by atoms with Crippen molar-refractivity contribution >= 4 is 5.91 Å². The first-order chi connectivity index (χ1) is 8.24. The Morgan fingerprint density at radius 3 is 2.94 bits per heavy atom. The third-order valence-corrected chi connectivity index (χ3v) is 3.46. The molecule has 1 unspecified atom stereocenters. The summed E-state index contributed by atoms with van der Waals surface area (Å²) < 4.78 is 5.68. The van der Waals surface area contributed by atoms with Crippen LogP contribution in [-0.4, -0.2) is 36.0 Å². The van der Waals surface area contributed by atoms with E-state index in [0.717, 1.165) is 24.3 Å². The summed E-state index contributed by atoms with van der Waals surface area (Å²) in [4.78, 5) is 14.0. The van der Waals surface area contributed by atoms with Crippen LogP contribution in [0.5, 0.6) is 5.75 Å². The van der Waals surface area contributed by atoms with Gasteiger partial charge >= 0.3 is 0 Å². The van der Waals surface area contributed by atoms with Crippen molar-refractivity contribution in [3.63, 3.8) is 0 Å². The minimum absolute atomic E-state index is 0.0779. The number of carbonyl (C=O) groups is 1. The van der Waals surface area contributed by atoms with Gasteiger partial charge in [-0.25, -0.2) is 0 Å². The van der Waals surface area contributed by atoms with Crippen LogP contribution < -0.4 is 10.5 Å². The molecular weight excluding hydrogens is 216 g/mol. The molecule has 2 aliphatic heterocycles. The second kappa shape index (κ2) is 4.04. The number of hydrogen-bond acceptors (Lipinski definition) is 3. The monoisotopic (exact) mass is 232 g/mol. The lowest BCUT2D eigenvalue weighted by Gasteiger charge is -2.19. The highest BCUT2D eigenvalue weighted by Gasteiger charge is 2.34. The third-order valence-electron chi connectivity index (χ3n) is 3.46. The standard InChI is InChI=1S/C13H16N2O2/c14-10-5-6-15(8-10)13(16)12-7-9-3-1-2-4-11(9)17-12/h1-4,10,12H,5-8,14H2/t10-,12?/m1/s1. The van der Waals surface area contributed by atoms with Crippen LogP contribution in [-0.2, 0) is 11.2 Å². The van der Waals surface area contributed by atoms with E-state index in [1.807, 2.05) is 29.2 Å². The zero-order valence-electron chi connectivity index (χ0n) is 9.63. The highest BCUT2D eigenvalue weighted by atomic mass is 16.5. The van der Waals surface area contributed by atoms with E-state index in [1.54, 1.807) is 0 Å². The van der Waals surface area contributed by atoms with Gasteiger partial charge in [-0.1, -0.05) is 18.2 Å². The number of nitrogens with two attached hydrogens (primary N) is 1. The largest absolute Gasteiger partial charge is 0.480 e. The van der Waals surface area contributed by atoms with E-state index in [9.17, 15) is 4.79 Å². The molecule has 0 bridgehead atoms. The molecule has 1 amide bonds. The van der Waals surface area contributed by atoms with Crippen molar-refractivity contribution in [3.8, 4) is 5.75 Å². The summed E-state index contributed by atoms with van der Waals surface area (Å²) in [5.74, 6) is 0.920. The SMILES string of the molecule is N[C@@H]1CCN(C(=O)C2Cc3ccccc3O2)C1. The van der Waals surface area contributed by atoms with E-state index in [-0.39, 0.29) is 18.1 Å². The number of amides is 1. The fraction of sp³-hybridized carbons (Fsp3) is 0.462. The highest BCUT2D eigenvalue weighted by molar-refractivity contribution is 5.83. The maximum absolute atomic E-state index is 12.2. The van der Waals surface area contributed by atoms with Crippen molar-refractivity contribution in [2.75, 3.05) is 13.1 Å². The number of rotatable bonds is 1. The zero-order chi connectivity index (χ0) is 11.8. The number of fused-ring (bicyclic) bond motifs is 1. The smallest absolute Gasteiger partial charge is 0.264 e. The Hall–Kier alpha value is -1.55. The number of carbonyl (C=O) groups excluding carboxylic acids is 1. The van der Waals surface area contributed by atoms with Gasteiger partial charge in [-0.15, -0.1) is 0 Å². The summed E-state index contributed by atoms with van der Waals surface area (Å²) >= 11 is 0. The molecule has 2 heterocycles. The van der Waals surface area contributed by atoms with Crippen LogP contribution in [0, 0.1) is 0 Å². The van der Waals surface area contributed by atoms with Crippen molar-refractivity contribution in [2.24, 2.45) is 5.73 Å². The van der Waals surface area contributed by atoms with E-state index in [4.69, 9.17) is 10.5 Å². The highest BCUT2D eigenvalue weighted by Crippen LogP contribution is 2.29. The van der Waals surface area contributed by atoms with E-state index < -0.39 is 0 Å². The predicted molar refractivity (Wildman–Crippen MR) is 63.7 cm³/mol. The van der Waals surface area contributed by atoms with Crippen LogP contribution in [0.4, 0.5) is 0 Å². The number of nitrogens with zero attached hydrogens (tertiary/aromatic N) is 1. The molecule has 2 atom stereocenters. The third kappa shape index (κ3) is 1.89. The van der Waals surface area contributed by atoms with Gasteiger partial charge in [-0.3, -0.25) is 4.79 Å². The molecule has 4 nitrogen and oxygen atoms in total. The summed E-state index contributed by atoms with van der Waals surface area (Å²) in [6.45, 7) is 1.42. The van der Waals surface area contributed by atoms with Crippen LogP contribution >= 0.6 is 0 Å². The first kappa shape index (κ1) is 10.6. The van der Waals surface area contributed by atoms with Crippen LogP contribution in [0.2, 0.25) is 0 Å². The lowest BCUT2D eigenvalue weighted by Crippen LogP contribution is -2.41. The lowest BCUT2D eigenvalue weighted by molar-refractivity contribution is -0.136. The number of ether oxygens (including phenoxy) is 1. The fourth-order valence-corrected chi connectivity index (χ4v) is 2.51. The Bertz CT molecular complexity index is 422. The minimum Gasteiger partial charge on any atom is -0.480 e. The first-order valence-electron chi connectivity index (χ1n) is 6.03. The maximum Gasteiger partial charge on any atom is 0.264 e. The summed E-state index contributed by atoms with van der Waals surface area (Å²) in [5.41, 5.74) is 6.93. The van der Waals surface area contributed by atoms with Gasteiger partial charge in [0.1, 0.15) is 5.75 Å². The molecule has 17 heavy (non-hydrogen) atoms. The topological polar surface area (TPSA) is 55.6 Å². The zero-order valence-corrected chi connectivity index (χ0v) is 9.63. The van der Waals surface area contributed by atoms with Gasteiger partial charge in [0, 0.05) is 25.6 Å². The summed E-state index contributed by atoms with van der Waals surface area (Å²) in [5, 5.41) is 0. The van der Waals surface area contributed by atoms with Crippen molar-refractivity contribution in [1.29, 1.82) is 0 Å². The Balaban J connectivity index is 1.70. The van der Waals surface area contributed by atoms with Gasteiger partial charge in [0.25, 0.3) is 5.91 Å². The number of para-hydroxylation sites is 1. The average Bonchev–Trinajstić information content (AvgIpc) is 2.93. The normalized spacial score (nSPS) is 26.8. The molecule has 1 fully saturated rings. The van der Waals surface area contributed by atoms with Gasteiger partial charge in [0.2, 0.25) is 0 Å². The van der Waals surface area contributed by atoms with Gasteiger partial charge in [-0.05, 0) is 18.1 Å². The molecule has 90 valence electrons. The molecule has 1 aromatic rings. The van der Waals surface area contributed by atoms with Crippen LogP contribution in [0.15, 0.2) is 24.3 Å². The van der Waals surface area contributed by atoms with Crippen molar-refractivity contribution in [3.05, 3.63) is 29.8 Å². The molecule has 2 aliphatic rings. The summed E-state index contributed by atoms with van der Waals surface area (Å²) in [6.07, 6.45) is 1.23. The minimum atomic E-state index is -0.349. The molecule has 2 N–H and O–H groups in total. The Morgan fingerprint density at radius 1 is 1.41 bits per heavy atom. The van der Waals surface area contributed by atoms with Crippen LogP contribution in [0.1, 0.15) is 12.0 Å². The van der Waals surface area contributed by atoms with E-state index in [2.05, 4.69) is 0 Å². The second-order valence-electron chi connectivity index (χ2n) is 4.75. The summed E-state index contributed by atoms with van der Waals surface area (Å²) in [7, 11) is 0. The quantitative estimate of drug-likeness (QED) is 0.769. The first-order valence-corrected chi connectivity index (χ1v) is 6.03. The molecule has 0 saturated carbocycles. The molecule has 0 aliphatic carbocycles. The Morgan fingerprint density at radius 2 is 2.24 bits per heavy atom. The van der Waals surface area contributed by atoms with Crippen molar-refractivity contribution < 1.29 is 9.53 Å². The van der Waals surface area contributed by atoms with Crippen molar-refractivity contribution in [1.82, 2.24) is 4.90 Å². The van der Waals surface area contributed by atoms with Gasteiger partial charge in [0.05, 0.1) is 0 Å².